The Hall–Kier alpha value is -5.49. The van der Waals surface area contributed by atoms with E-state index in [0.29, 0.717) is 41.4 Å². The number of aromatic hydroxyl groups is 1. The quantitative estimate of drug-likeness (QED) is 0.195. The summed E-state index contributed by atoms with van der Waals surface area (Å²) in [6, 6.07) is 21.1. The molecule has 0 aromatic heterocycles. The van der Waals surface area contributed by atoms with Crippen molar-refractivity contribution in [2.24, 2.45) is 5.92 Å². The number of amides is 3. The standard InChI is InChI=1S/C47H51F2N5O5/c1-28-22-31(4-10-37(28)48)44-43(36-9-7-34(55)25-41(36)59-47(44,2)3)30-5-11-39(38(49)24-30)53-16-14-29(15-17-53)26-51-18-20-52(21-19-51)33-6-8-35-32(23-33)27-54(46(35)58)40-12-13-42(56)50-45(40)57/h4-11,22-25,29,40,43-44,55H,12-21,26-27H2,1-3H3,(H,50,56,57)/t40-,43+,44+/m0/s1. The molecule has 4 aromatic rings. The van der Waals surface area contributed by atoms with Crippen LogP contribution in [0.5, 0.6) is 11.5 Å². The van der Waals surface area contributed by atoms with E-state index in [1.807, 2.05) is 50.2 Å². The van der Waals surface area contributed by atoms with Crippen LogP contribution in [0.4, 0.5) is 20.2 Å². The highest BCUT2D eigenvalue weighted by atomic mass is 19.1. The molecular weight excluding hydrogens is 753 g/mol. The predicted molar refractivity (Wildman–Crippen MR) is 221 cm³/mol. The second kappa shape index (κ2) is 15.3. The van der Waals surface area contributed by atoms with Gasteiger partial charge < -0.3 is 24.5 Å². The monoisotopic (exact) mass is 803 g/mol. The first kappa shape index (κ1) is 39.0. The van der Waals surface area contributed by atoms with Gasteiger partial charge in [-0.25, -0.2) is 8.78 Å². The first-order valence-electron chi connectivity index (χ1n) is 20.9. The van der Waals surface area contributed by atoms with E-state index in [1.165, 1.54) is 6.07 Å². The van der Waals surface area contributed by atoms with Gasteiger partial charge in [-0.05, 0) is 111 Å². The number of fused-ring (bicyclic) bond motifs is 2. The highest BCUT2D eigenvalue weighted by Crippen LogP contribution is 2.54. The third-order valence-corrected chi connectivity index (χ3v) is 13.4. The molecule has 308 valence electrons. The minimum absolute atomic E-state index is 0.0963. The first-order chi connectivity index (χ1) is 28.3. The number of halogens is 2. The van der Waals surface area contributed by atoms with E-state index in [4.69, 9.17) is 4.74 Å². The molecule has 0 saturated carbocycles. The summed E-state index contributed by atoms with van der Waals surface area (Å²) in [6.07, 6.45) is 2.53. The zero-order valence-electron chi connectivity index (χ0n) is 33.8. The average molecular weight is 804 g/mol. The number of benzene rings is 4. The van der Waals surface area contributed by atoms with Gasteiger partial charge in [0.25, 0.3) is 5.91 Å². The molecule has 4 aromatic carbocycles. The number of piperidine rings is 2. The molecule has 3 fully saturated rings. The van der Waals surface area contributed by atoms with Crippen LogP contribution >= 0.6 is 0 Å². The lowest BCUT2D eigenvalue weighted by molar-refractivity contribution is -0.136. The van der Waals surface area contributed by atoms with Crippen LogP contribution < -0.4 is 19.9 Å². The number of nitrogens with one attached hydrogen (secondary N) is 1. The van der Waals surface area contributed by atoms with Crippen LogP contribution in [0.2, 0.25) is 0 Å². The Morgan fingerprint density at radius 3 is 2.31 bits per heavy atom. The fourth-order valence-corrected chi connectivity index (χ4v) is 10.3. The number of carbonyl (C=O) groups excluding carboxylic acids is 3. The second-order valence-corrected chi connectivity index (χ2v) is 17.6. The summed E-state index contributed by atoms with van der Waals surface area (Å²) in [5.74, 6) is -0.765. The zero-order chi connectivity index (χ0) is 41.2. The Morgan fingerprint density at radius 2 is 1.58 bits per heavy atom. The molecule has 5 aliphatic rings. The van der Waals surface area contributed by atoms with Gasteiger partial charge in [0, 0.05) is 93.5 Å². The summed E-state index contributed by atoms with van der Waals surface area (Å²) >= 11 is 0. The fourth-order valence-electron chi connectivity index (χ4n) is 10.3. The van der Waals surface area contributed by atoms with Crippen molar-refractivity contribution in [3.63, 3.8) is 0 Å². The van der Waals surface area contributed by atoms with Crippen LogP contribution in [0.3, 0.4) is 0 Å². The van der Waals surface area contributed by atoms with E-state index in [-0.39, 0.29) is 47.5 Å². The van der Waals surface area contributed by atoms with Crippen molar-refractivity contribution in [1.82, 2.24) is 15.1 Å². The van der Waals surface area contributed by atoms with E-state index in [2.05, 4.69) is 26.1 Å². The van der Waals surface area contributed by atoms with E-state index >= 15 is 4.39 Å². The number of nitrogens with zero attached hydrogens (tertiary/aromatic N) is 4. The molecule has 5 aliphatic heterocycles. The minimum Gasteiger partial charge on any atom is -0.508 e. The molecule has 0 spiro atoms. The van der Waals surface area contributed by atoms with Crippen LogP contribution in [0, 0.1) is 24.5 Å². The van der Waals surface area contributed by atoms with Gasteiger partial charge in [-0.1, -0.05) is 24.3 Å². The molecule has 3 saturated heterocycles. The summed E-state index contributed by atoms with van der Waals surface area (Å²) in [4.78, 5) is 45.9. The van der Waals surface area contributed by atoms with Crippen LogP contribution in [0.1, 0.15) is 89.5 Å². The van der Waals surface area contributed by atoms with E-state index in [0.717, 1.165) is 86.6 Å². The molecule has 3 atom stereocenters. The number of hydrogen-bond donors (Lipinski definition) is 2. The highest BCUT2D eigenvalue weighted by Gasteiger charge is 2.46. The molecule has 59 heavy (non-hydrogen) atoms. The Balaban J connectivity index is 0.821. The van der Waals surface area contributed by atoms with E-state index < -0.39 is 17.6 Å². The largest absolute Gasteiger partial charge is 0.508 e. The number of phenolic OH excluding ortho intramolecular Hbond substituents is 1. The van der Waals surface area contributed by atoms with Crippen LogP contribution in [0.15, 0.2) is 72.8 Å². The summed E-state index contributed by atoms with van der Waals surface area (Å²) < 4.78 is 37.2. The van der Waals surface area contributed by atoms with Crippen LogP contribution in [-0.2, 0) is 16.1 Å². The minimum atomic E-state index is -0.744. The van der Waals surface area contributed by atoms with Gasteiger partial charge in [-0.3, -0.25) is 24.6 Å². The number of piperazine rings is 1. The SMILES string of the molecule is Cc1cc([C@@H]2[C@H](c3ccc(N4CCC(CN5CCN(c6ccc7c(c6)CN([C@H]6CCC(=O)NC6=O)C7=O)CC5)CC4)c(F)c3)c3ccc(O)cc3OC2(C)C)ccc1F. The Bertz CT molecular complexity index is 2320. The van der Waals surface area contributed by atoms with Crippen molar-refractivity contribution in [3.8, 4) is 11.5 Å². The van der Waals surface area contributed by atoms with Crippen molar-refractivity contribution in [1.29, 1.82) is 0 Å². The highest BCUT2D eigenvalue weighted by molar-refractivity contribution is 6.05. The van der Waals surface area contributed by atoms with E-state index in [1.54, 1.807) is 36.1 Å². The second-order valence-electron chi connectivity index (χ2n) is 17.6. The molecule has 3 amide bonds. The zero-order valence-corrected chi connectivity index (χ0v) is 33.8. The van der Waals surface area contributed by atoms with Gasteiger partial charge in [0.2, 0.25) is 11.8 Å². The number of anilines is 2. The molecule has 12 heteroatoms. The number of phenols is 1. The summed E-state index contributed by atoms with van der Waals surface area (Å²) in [5.41, 5.74) is 5.58. The molecule has 2 N–H and O–H groups in total. The molecule has 0 aliphatic carbocycles. The predicted octanol–water partition coefficient (Wildman–Crippen LogP) is 6.87. The number of carbonyl (C=O) groups is 3. The molecule has 0 radical (unpaired) electrons. The van der Waals surface area contributed by atoms with Crippen LogP contribution in [-0.4, -0.2) is 90.1 Å². The van der Waals surface area contributed by atoms with Crippen molar-refractivity contribution < 1.29 is 33.0 Å². The van der Waals surface area contributed by atoms with Crippen molar-refractivity contribution >= 4 is 29.1 Å². The number of rotatable bonds is 7. The maximum absolute atomic E-state index is 16.3. The topological polar surface area (TPSA) is 106 Å². The molecule has 5 heterocycles. The number of ether oxygens (including phenoxy) is 1. The molecule has 0 unspecified atom stereocenters. The normalized spacial score (nSPS) is 23.5. The lowest BCUT2D eigenvalue weighted by Gasteiger charge is -2.46. The van der Waals surface area contributed by atoms with Gasteiger partial charge >= 0.3 is 0 Å². The van der Waals surface area contributed by atoms with Crippen molar-refractivity contribution in [2.75, 3.05) is 55.6 Å². The molecular formula is C47H51F2N5O5. The number of aryl methyl sites for hydroxylation is 1. The summed E-state index contributed by atoms with van der Waals surface area (Å²) in [7, 11) is 0. The Morgan fingerprint density at radius 1 is 0.814 bits per heavy atom. The average Bonchev–Trinajstić information content (AvgIpc) is 3.53. The lowest BCUT2D eigenvalue weighted by atomic mass is 9.67. The number of imide groups is 1. The first-order valence-corrected chi connectivity index (χ1v) is 20.9. The van der Waals surface area contributed by atoms with Crippen LogP contribution in [0.25, 0.3) is 0 Å². The van der Waals surface area contributed by atoms with Crippen molar-refractivity contribution in [3.05, 3.63) is 118 Å². The van der Waals surface area contributed by atoms with Gasteiger partial charge in [-0.2, -0.15) is 0 Å². The number of hydrogen-bond acceptors (Lipinski definition) is 8. The van der Waals surface area contributed by atoms with Gasteiger partial charge in [0.05, 0.1) is 5.69 Å². The summed E-state index contributed by atoms with van der Waals surface area (Å²) in [5, 5.41) is 12.7. The van der Waals surface area contributed by atoms with Gasteiger partial charge in [-0.15, -0.1) is 0 Å². The lowest BCUT2D eigenvalue weighted by Crippen LogP contribution is -2.52. The van der Waals surface area contributed by atoms with Crippen molar-refractivity contribution in [2.45, 2.75) is 76.5 Å². The van der Waals surface area contributed by atoms with E-state index in [9.17, 15) is 23.9 Å². The molecule has 0 bridgehead atoms. The van der Waals surface area contributed by atoms with Gasteiger partial charge in [0.1, 0.15) is 34.8 Å². The third kappa shape index (κ3) is 7.40. The van der Waals surface area contributed by atoms with Gasteiger partial charge in [0.15, 0.2) is 0 Å². The third-order valence-electron chi connectivity index (χ3n) is 13.4. The Kier molecular flexibility index (Phi) is 10.1. The maximum atomic E-state index is 16.3. The Labute approximate surface area is 343 Å². The summed E-state index contributed by atoms with van der Waals surface area (Å²) in [6.45, 7) is 12.2. The smallest absolute Gasteiger partial charge is 0.255 e. The molecule has 9 rings (SSSR count). The molecule has 10 nitrogen and oxygen atoms in total. The maximum Gasteiger partial charge on any atom is 0.255 e. The fraction of sp³-hybridized carbons (Fsp3) is 0.426.